The number of fused-ring (bicyclic) bond motifs is 1. The Morgan fingerprint density at radius 1 is 0.900 bits per heavy atom. The van der Waals surface area contributed by atoms with E-state index in [2.05, 4.69) is 0 Å². The number of carbonyl (C=O) groups is 3. The van der Waals surface area contributed by atoms with Crippen LogP contribution in [0.5, 0.6) is 11.5 Å². The molecule has 3 fully saturated rings. The summed E-state index contributed by atoms with van der Waals surface area (Å²) in [7, 11) is 0. The van der Waals surface area contributed by atoms with Crippen LogP contribution in [0.3, 0.4) is 0 Å². The quantitative estimate of drug-likeness (QED) is 0.727. The highest BCUT2D eigenvalue weighted by atomic mass is 16.6. The van der Waals surface area contributed by atoms with Gasteiger partial charge in [0.25, 0.3) is 0 Å². The van der Waals surface area contributed by atoms with E-state index in [1.165, 1.54) is 0 Å². The third-order valence-electron chi connectivity index (χ3n) is 6.13. The fourth-order valence-corrected chi connectivity index (χ4v) is 4.20. The van der Waals surface area contributed by atoms with Gasteiger partial charge in [-0.15, -0.1) is 0 Å². The number of amides is 4. The predicted molar refractivity (Wildman–Crippen MR) is 108 cm³/mol. The van der Waals surface area contributed by atoms with Crippen molar-refractivity contribution in [2.75, 3.05) is 63.9 Å². The molecule has 0 N–H and O–H groups in total. The van der Waals surface area contributed by atoms with Gasteiger partial charge in [-0.1, -0.05) is 0 Å². The lowest BCUT2D eigenvalue weighted by Crippen LogP contribution is -2.53. The van der Waals surface area contributed by atoms with E-state index in [1.807, 2.05) is 23.1 Å². The number of piperazine rings is 1. The van der Waals surface area contributed by atoms with Crippen LogP contribution in [0.15, 0.2) is 18.2 Å². The van der Waals surface area contributed by atoms with E-state index in [4.69, 9.17) is 9.47 Å². The summed E-state index contributed by atoms with van der Waals surface area (Å²) in [6, 6.07) is 5.29. The summed E-state index contributed by atoms with van der Waals surface area (Å²) in [5, 5.41) is 0. The molecule has 0 bridgehead atoms. The molecule has 0 radical (unpaired) electrons. The zero-order valence-electron chi connectivity index (χ0n) is 16.9. The van der Waals surface area contributed by atoms with Crippen molar-refractivity contribution in [3.63, 3.8) is 0 Å². The van der Waals surface area contributed by atoms with Gasteiger partial charge in [0.1, 0.15) is 19.8 Å². The average Bonchev–Trinajstić information content (AvgIpc) is 3.57. The van der Waals surface area contributed by atoms with Crippen LogP contribution in [0.25, 0.3) is 0 Å². The highest BCUT2D eigenvalue weighted by molar-refractivity contribution is 5.96. The second-order valence-corrected chi connectivity index (χ2v) is 8.16. The van der Waals surface area contributed by atoms with Crippen LogP contribution in [0.1, 0.15) is 12.8 Å². The Balaban J connectivity index is 1.16. The number of urea groups is 1. The van der Waals surface area contributed by atoms with Crippen LogP contribution in [-0.4, -0.2) is 91.6 Å². The van der Waals surface area contributed by atoms with Crippen molar-refractivity contribution in [1.29, 1.82) is 0 Å². The monoisotopic (exact) mass is 414 g/mol. The van der Waals surface area contributed by atoms with E-state index in [0.29, 0.717) is 64.0 Å². The van der Waals surface area contributed by atoms with Gasteiger partial charge in [-0.3, -0.25) is 14.5 Å². The number of benzene rings is 1. The number of hydrogen-bond acceptors (Lipinski definition) is 5. The molecule has 5 rings (SSSR count). The molecule has 1 aromatic carbocycles. The summed E-state index contributed by atoms with van der Waals surface area (Å²) in [4.78, 5) is 44.6. The Morgan fingerprint density at radius 2 is 1.60 bits per heavy atom. The molecular weight excluding hydrogens is 388 g/mol. The molecule has 1 aliphatic carbocycles. The Labute approximate surface area is 175 Å². The van der Waals surface area contributed by atoms with E-state index in [-0.39, 0.29) is 30.3 Å². The van der Waals surface area contributed by atoms with Gasteiger partial charge in [0.05, 0.1) is 0 Å². The third kappa shape index (κ3) is 3.64. The molecule has 4 aliphatic rings. The van der Waals surface area contributed by atoms with E-state index in [9.17, 15) is 14.4 Å². The zero-order chi connectivity index (χ0) is 20.7. The zero-order valence-corrected chi connectivity index (χ0v) is 16.9. The Kier molecular flexibility index (Phi) is 4.88. The van der Waals surface area contributed by atoms with E-state index in [1.54, 1.807) is 14.7 Å². The molecule has 1 aromatic rings. The Hall–Kier alpha value is -2.97. The highest BCUT2D eigenvalue weighted by Gasteiger charge is 2.36. The molecule has 30 heavy (non-hydrogen) atoms. The maximum absolute atomic E-state index is 12.9. The topological polar surface area (TPSA) is 82.6 Å². The Bertz CT molecular complexity index is 863. The first-order valence-electron chi connectivity index (χ1n) is 10.6. The molecule has 160 valence electrons. The molecule has 9 nitrogen and oxygen atoms in total. The molecule has 4 amide bonds. The summed E-state index contributed by atoms with van der Waals surface area (Å²) in [5.74, 6) is 1.70. The number of rotatable bonds is 4. The summed E-state index contributed by atoms with van der Waals surface area (Å²) in [6.07, 6.45) is 1.99. The number of nitrogens with zero attached hydrogens (tertiary/aromatic N) is 4. The molecule has 3 aliphatic heterocycles. The molecule has 3 heterocycles. The van der Waals surface area contributed by atoms with Crippen molar-refractivity contribution in [3.8, 4) is 11.5 Å². The van der Waals surface area contributed by atoms with Crippen molar-refractivity contribution in [1.82, 2.24) is 14.7 Å². The molecule has 0 aromatic heterocycles. The summed E-state index contributed by atoms with van der Waals surface area (Å²) < 4.78 is 11.1. The highest BCUT2D eigenvalue weighted by Crippen LogP contribution is 2.35. The van der Waals surface area contributed by atoms with Crippen LogP contribution in [0.4, 0.5) is 10.5 Å². The summed E-state index contributed by atoms with van der Waals surface area (Å²) in [5.41, 5.74) is 0.742. The molecule has 0 atom stereocenters. The van der Waals surface area contributed by atoms with Gasteiger partial charge in [0, 0.05) is 56.9 Å². The van der Waals surface area contributed by atoms with Crippen molar-refractivity contribution >= 4 is 23.5 Å². The Morgan fingerprint density at radius 3 is 2.33 bits per heavy atom. The average molecular weight is 414 g/mol. The molecular formula is C21H26N4O5. The van der Waals surface area contributed by atoms with Gasteiger partial charge < -0.3 is 24.2 Å². The van der Waals surface area contributed by atoms with Crippen LogP contribution in [0.2, 0.25) is 0 Å². The standard InChI is InChI=1S/C21H26N4O5/c26-19(22-5-7-23(8-6-22)20(27)15-1-2-15)14-24-9-10-25(21(24)28)16-3-4-17-18(13-16)30-12-11-29-17/h3-4,13,15H,1-2,5-12,14H2. The predicted octanol–water partition coefficient (Wildman–Crippen LogP) is 0.781. The van der Waals surface area contributed by atoms with Gasteiger partial charge in [-0.25, -0.2) is 4.79 Å². The molecule has 1 saturated carbocycles. The van der Waals surface area contributed by atoms with Crippen LogP contribution in [-0.2, 0) is 9.59 Å². The van der Waals surface area contributed by atoms with Gasteiger partial charge in [-0.2, -0.15) is 0 Å². The summed E-state index contributed by atoms with van der Waals surface area (Å²) in [6.45, 7) is 4.33. The normalized spacial score (nSPS) is 21.3. The first-order chi connectivity index (χ1) is 14.6. The van der Waals surface area contributed by atoms with Crippen molar-refractivity contribution < 1.29 is 23.9 Å². The molecule has 0 spiro atoms. The second kappa shape index (κ2) is 7.70. The lowest BCUT2D eigenvalue weighted by molar-refractivity contribution is -0.140. The third-order valence-corrected chi connectivity index (χ3v) is 6.13. The fraction of sp³-hybridized carbons (Fsp3) is 0.571. The van der Waals surface area contributed by atoms with E-state index in [0.717, 1.165) is 18.5 Å². The van der Waals surface area contributed by atoms with Crippen molar-refractivity contribution in [2.45, 2.75) is 12.8 Å². The molecule has 2 saturated heterocycles. The minimum Gasteiger partial charge on any atom is -0.486 e. The van der Waals surface area contributed by atoms with Crippen LogP contribution >= 0.6 is 0 Å². The number of hydrogen-bond donors (Lipinski definition) is 0. The van der Waals surface area contributed by atoms with Crippen molar-refractivity contribution in [2.24, 2.45) is 5.92 Å². The fourth-order valence-electron chi connectivity index (χ4n) is 4.20. The maximum Gasteiger partial charge on any atom is 0.325 e. The minimum absolute atomic E-state index is 0.0640. The number of carbonyl (C=O) groups excluding carboxylic acids is 3. The first kappa shape index (κ1) is 19.0. The first-order valence-corrected chi connectivity index (χ1v) is 10.6. The minimum atomic E-state index is -0.178. The second-order valence-electron chi connectivity index (χ2n) is 8.16. The summed E-state index contributed by atoms with van der Waals surface area (Å²) >= 11 is 0. The largest absolute Gasteiger partial charge is 0.486 e. The van der Waals surface area contributed by atoms with Gasteiger partial charge >= 0.3 is 6.03 Å². The lowest BCUT2D eigenvalue weighted by atomic mass is 10.2. The van der Waals surface area contributed by atoms with Gasteiger partial charge in [0.2, 0.25) is 11.8 Å². The molecule has 0 unspecified atom stereocenters. The SMILES string of the molecule is O=C(CN1CCN(c2ccc3c(c2)OCCO3)C1=O)N1CCN(C(=O)C2CC2)CC1. The van der Waals surface area contributed by atoms with Gasteiger partial charge in [0.15, 0.2) is 11.5 Å². The van der Waals surface area contributed by atoms with Gasteiger partial charge in [-0.05, 0) is 25.0 Å². The van der Waals surface area contributed by atoms with Crippen molar-refractivity contribution in [3.05, 3.63) is 18.2 Å². The van der Waals surface area contributed by atoms with Crippen LogP contribution in [0, 0.1) is 5.92 Å². The lowest BCUT2D eigenvalue weighted by Gasteiger charge is -2.35. The number of anilines is 1. The van der Waals surface area contributed by atoms with Crippen LogP contribution < -0.4 is 14.4 Å². The van der Waals surface area contributed by atoms with E-state index >= 15 is 0 Å². The smallest absolute Gasteiger partial charge is 0.325 e. The maximum atomic E-state index is 12.9. The molecule has 9 heteroatoms. The number of ether oxygens (including phenoxy) is 2. The van der Waals surface area contributed by atoms with E-state index < -0.39 is 0 Å².